The average molecular weight is 356 g/mol. The minimum Gasteiger partial charge on any atom is -0.476 e. The maximum atomic E-state index is 12.2. The predicted molar refractivity (Wildman–Crippen MR) is 93.9 cm³/mol. The second-order valence-electron chi connectivity index (χ2n) is 5.45. The zero-order chi connectivity index (χ0) is 19.1. The second kappa shape index (κ2) is 8.70. The third-order valence-electron chi connectivity index (χ3n) is 3.81. The highest BCUT2D eigenvalue weighted by molar-refractivity contribution is 5.94. The van der Waals surface area contributed by atoms with E-state index in [1.54, 1.807) is 29.2 Å². The van der Waals surface area contributed by atoms with Crippen LogP contribution in [0.1, 0.15) is 50.7 Å². The van der Waals surface area contributed by atoms with Gasteiger partial charge in [-0.2, -0.15) is 0 Å². The first-order chi connectivity index (χ1) is 12.5. The van der Waals surface area contributed by atoms with E-state index in [9.17, 15) is 14.4 Å². The number of hydrogen-bond donors (Lipinski definition) is 2. The summed E-state index contributed by atoms with van der Waals surface area (Å²) >= 11 is 0. The molecule has 0 atom stereocenters. The largest absolute Gasteiger partial charge is 0.476 e. The van der Waals surface area contributed by atoms with Crippen LogP contribution in [0.2, 0.25) is 0 Å². The van der Waals surface area contributed by atoms with Gasteiger partial charge < -0.3 is 15.3 Å². The molecule has 8 heteroatoms. The molecule has 0 aliphatic heterocycles. The van der Waals surface area contributed by atoms with Gasteiger partial charge in [-0.25, -0.2) is 14.8 Å². The molecule has 0 saturated carbocycles. The number of carboxylic acid groups (broad SMARTS) is 1. The van der Waals surface area contributed by atoms with Crippen LogP contribution >= 0.6 is 0 Å². The Bertz CT molecular complexity index is 784. The summed E-state index contributed by atoms with van der Waals surface area (Å²) in [6, 6.07) is 7.00. The van der Waals surface area contributed by atoms with Gasteiger partial charge in [-0.3, -0.25) is 9.59 Å². The molecule has 0 aliphatic rings. The van der Waals surface area contributed by atoms with E-state index in [2.05, 4.69) is 15.3 Å². The van der Waals surface area contributed by atoms with Gasteiger partial charge in [0.2, 0.25) is 0 Å². The maximum Gasteiger partial charge on any atom is 0.356 e. The number of amides is 2. The van der Waals surface area contributed by atoms with E-state index in [4.69, 9.17) is 5.11 Å². The van der Waals surface area contributed by atoms with E-state index in [0.717, 1.165) is 18.0 Å². The van der Waals surface area contributed by atoms with Gasteiger partial charge in [-0.1, -0.05) is 12.1 Å². The van der Waals surface area contributed by atoms with Crippen molar-refractivity contribution in [1.82, 2.24) is 20.2 Å². The molecular weight excluding hydrogens is 336 g/mol. The number of carbonyl (C=O) groups is 3. The van der Waals surface area contributed by atoms with Gasteiger partial charge in [-0.15, -0.1) is 0 Å². The summed E-state index contributed by atoms with van der Waals surface area (Å²) in [5.41, 5.74) is 1.22. The maximum absolute atomic E-state index is 12.2. The first-order valence-electron chi connectivity index (χ1n) is 8.18. The fourth-order valence-electron chi connectivity index (χ4n) is 2.29. The molecular formula is C18H20N4O4. The van der Waals surface area contributed by atoms with E-state index in [0.29, 0.717) is 18.7 Å². The van der Waals surface area contributed by atoms with Gasteiger partial charge in [0.1, 0.15) is 5.69 Å². The Labute approximate surface area is 150 Å². The minimum absolute atomic E-state index is 0.0284. The van der Waals surface area contributed by atoms with Crippen LogP contribution in [0, 0.1) is 0 Å². The fraction of sp³-hybridized carbons (Fsp3) is 0.278. The second-order valence-corrected chi connectivity index (χ2v) is 5.45. The SMILES string of the molecule is CCN(CC)C(=O)c1ccc(CNC(=O)c2cnc(C(=O)O)cn2)cc1. The number of hydrogen-bond acceptors (Lipinski definition) is 5. The Morgan fingerprint density at radius 2 is 1.58 bits per heavy atom. The molecule has 0 bridgehead atoms. The fourth-order valence-corrected chi connectivity index (χ4v) is 2.29. The zero-order valence-electron chi connectivity index (χ0n) is 14.6. The third kappa shape index (κ3) is 4.62. The van der Waals surface area contributed by atoms with E-state index in [1.165, 1.54) is 0 Å². The molecule has 0 unspecified atom stereocenters. The number of aromatic nitrogens is 2. The van der Waals surface area contributed by atoms with E-state index in [-0.39, 0.29) is 23.8 Å². The number of aromatic carboxylic acids is 1. The van der Waals surface area contributed by atoms with Crippen LogP contribution < -0.4 is 5.32 Å². The Morgan fingerprint density at radius 3 is 2.08 bits per heavy atom. The quantitative estimate of drug-likeness (QED) is 0.779. The summed E-state index contributed by atoms with van der Waals surface area (Å²) in [5.74, 6) is -1.69. The first-order valence-corrected chi connectivity index (χ1v) is 8.18. The third-order valence-corrected chi connectivity index (χ3v) is 3.81. The molecule has 0 aliphatic carbocycles. The number of carbonyl (C=O) groups excluding carboxylic acids is 2. The molecule has 0 saturated heterocycles. The standard InChI is InChI=1S/C18H20N4O4/c1-3-22(4-2)17(24)13-7-5-12(6-8-13)9-21-16(23)14-10-20-15(11-19-14)18(25)26/h5-8,10-11H,3-4,9H2,1-2H3,(H,21,23)(H,25,26). The van der Waals surface area contributed by atoms with Gasteiger partial charge in [0.25, 0.3) is 11.8 Å². The van der Waals surface area contributed by atoms with Crippen molar-refractivity contribution in [3.05, 3.63) is 59.2 Å². The molecule has 1 aromatic heterocycles. The minimum atomic E-state index is -1.20. The molecule has 0 spiro atoms. The van der Waals surface area contributed by atoms with Crippen LogP contribution in [0.3, 0.4) is 0 Å². The van der Waals surface area contributed by atoms with Crippen LogP contribution in [0.25, 0.3) is 0 Å². The Kier molecular flexibility index (Phi) is 6.37. The van der Waals surface area contributed by atoms with E-state index >= 15 is 0 Å². The molecule has 1 aromatic carbocycles. The predicted octanol–water partition coefficient (Wildman–Crippen LogP) is 1.59. The molecule has 1 heterocycles. The zero-order valence-corrected chi connectivity index (χ0v) is 14.6. The lowest BCUT2D eigenvalue weighted by molar-refractivity contribution is 0.0688. The van der Waals surface area contributed by atoms with Gasteiger partial charge >= 0.3 is 5.97 Å². The van der Waals surface area contributed by atoms with Crippen LogP contribution in [0.4, 0.5) is 0 Å². The lowest BCUT2D eigenvalue weighted by Crippen LogP contribution is -2.30. The monoisotopic (exact) mass is 356 g/mol. The normalized spacial score (nSPS) is 10.2. The highest BCUT2D eigenvalue weighted by atomic mass is 16.4. The van der Waals surface area contributed by atoms with Crippen molar-refractivity contribution < 1.29 is 19.5 Å². The molecule has 0 fully saturated rings. The molecule has 2 amide bonds. The molecule has 8 nitrogen and oxygen atoms in total. The van der Waals surface area contributed by atoms with Crippen molar-refractivity contribution in [2.24, 2.45) is 0 Å². The molecule has 0 radical (unpaired) electrons. The van der Waals surface area contributed by atoms with E-state index < -0.39 is 11.9 Å². The summed E-state index contributed by atoms with van der Waals surface area (Å²) < 4.78 is 0. The summed E-state index contributed by atoms with van der Waals surface area (Å²) in [7, 11) is 0. The highest BCUT2D eigenvalue weighted by Crippen LogP contribution is 2.08. The van der Waals surface area contributed by atoms with Gasteiger partial charge in [-0.05, 0) is 31.5 Å². The van der Waals surface area contributed by atoms with E-state index in [1.807, 2.05) is 13.8 Å². The van der Waals surface area contributed by atoms with Crippen LogP contribution in [-0.4, -0.2) is 50.8 Å². The summed E-state index contributed by atoms with van der Waals surface area (Å²) in [5, 5.41) is 11.4. The molecule has 2 aromatic rings. The molecule has 136 valence electrons. The Morgan fingerprint density at radius 1 is 1.00 bits per heavy atom. The summed E-state index contributed by atoms with van der Waals surface area (Å²) in [4.78, 5) is 44.1. The van der Waals surface area contributed by atoms with Crippen molar-refractivity contribution >= 4 is 17.8 Å². The van der Waals surface area contributed by atoms with Gasteiger partial charge in [0.15, 0.2) is 5.69 Å². The molecule has 26 heavy (non-hydrogen) atoms. The van der Waals surface area contributed by atoms with Crippen molar-refractivity contribution in [2.75, 3.05) is 13.1 Å². The molecule has 2 N–H and O–H groups in total. The van der Waals surface area contributed by atoms with Crippen LogP contribution in [-0.2, 0) is 6.54 Å². The Hall–Kier alpha value is -3.29. The summed E-state index contributed by atoms with van der Waals surface area (Å²) in [6.07, 6.45) is 2.15. The Balaban J connectivity index is 1.96. The van der Waals surface area contributed by atoms with Crippen molar-refractivity contribution in [3.8, 4) is 0 Å². The highest BCUT2D eigenvalue weighted by Gasteiger charge is 2.13. The number of benzene rings is 1. The van der Waals surface area contributed by atoms with Gasteiger partial charge in [0, 0.05) is 25.2 Å². The summed E-state index contributed by atoms with van der Waals surface area (Å²) in [6.45, 7) is 5.40. The lowest BCUT2D eigenvalue weighted by atomic mass is 10.1. The number of nitrogens with zero attached hydrogens (tertiary/aromatic N) is 3. The number of carboxylic acids is 1. The lowest BCUT2D eigenvalue weighted by Gasteiger charge is -2.18. The van der Waals surface area contributed by atoms with Crippen molar-refractivity contribution in [2.45, 2.75) is 20.4 Å². The topological polar surface area (TPSA) is 112 Å². The number of nitrogens with one attached hydrogen (secondary N) is 1. The first kappa shape index (κ1) is 19.0. The number of rotatable bonds is 7. The molecule has 2 rings (SSSR count). The van der Waals surface area contributed by atoms with Crippen molar-refractivity contribution in [1.29, 1.82) is 0 Å². The van der Waals surface area contributed by atoms with Crippen LogP contribution in [0.15, 0.2) is 36.7 Å². The van der Waals surface area contributed by atoms with Crippen molar-refractivity contribution in [3.63, 3.8) is 0 Å². The van der Waals surface area contributed by atoms with Crippen LogP contribution in [0.5, 0.6) is 0 Å². The average Bonchev–Trinajstić information content (AvgIpc) is 2.67. The smallest absolute Gasteiger partial charge is 0.356 e. The van der Waals surface area contributed by atoms with Gasteiger partial charge in [0.05, 0.1) is 12.4 Å².